The molecule has 0 N–H and O–H groups in total. The van der Waals surface area contributed by atoms with E-state index in [4.69, 9.17) is 19.1 Å². The van der Waals surface area contributed by atoms with Crippen LogP contribution in [0, 0.1) is 0 Å². The maximum Gasteiger partial charge on any atom is 0 e. The van der Waals surface area contributed by atoms with Crippen molar-refractivity contribution < 1.29 is 33.0 Å². The molecule has 0 aliphatic rings. The fraction of sp³-hybridized carbons (Fsp3) is 0. The maximum absolute atomic E-state index is 4.81. The van der Waals surface area contributed by atoms with Crippen LogP contribution in [-0.2, 0) is 33.0 Å². The summed E-state index contributed by atoms with van der Waals surface area (Å²) in [5.74, 6) is 0. The van der Waals surface area contributed by atoms with E-state index in [1.165, 1.54) is 31.8 Å². The molecule has 40 heavy (non-hydrogen) atoms. The van der Waals surface area contributed by atoms with Gasteiger partial charge < -0.3 is 30.3 Å². The summed E-state index contributed by atoms with van der Waals surface area (Å²) in [6.07, 6.45) is 0. The van der Waals surface area contributed by atoms with E-state index in [9.17, 15) is 0 Å². The molecule has 0 heterocycles. The summed E-state index contributed by atoms with van der Waals surface area (Å²) in [6, 6.07) is 60.9. The van der Waals surface area contributed by atoms with Crippen molar-refractivity contribution in [2.75, 3.05) is 0 Å². The second-order valence-corrected chi connectivity index (χ2v) is 15.0. The largest absolute Gasteiger partial charge is 0.748 e. The predicted octanol–water partition coefficient (Wildman–Crippen LogP) is 7.70. The smallest absolute Gasteiger partial charge is 0 e. The average Bonchev–Trinajstić information content (AvgIpc) is 3.73. The Bertz CT molecular complexity index is 1250. The zero-order chi connectivity index (χ0) is 27.1. The molecule has 0 amide bonds. The van der Waals surface area contributed by atoms with Gasteiger partial charge in [0.1, 0.15) is 0 Å². The van der Waals surface area contributed by atoms with Gasteiger partial charge in [0.15, 0.2) is 0 Å². The Morgan fingerprint density at radius 2 is 0.750 bits per heavy atom. The van der Waals surface area contributed by atoms with Gasteiger partial charge in [-0.05, 0) is 29.1 Å². The van der Waals surface area contributed by atoms with Gasteiger partial charge in [0, 0.05) is 17.1 Å². The van der Waals surface area contributed by atoms with Crippen LogP contribution < -0.4 is 31.8 Å². The maximum atomic E-state index is 4.81. The molecule has 0 nitrogen and oxygen atoms in total. The van der Waals surface area contributed by atoms with Crippen molar-refractivity contribution in [3.05, 3.63) is 170 Å². The summed E-state index contributed by atoms with van der Waals surface area (Å²) in [5, 5.41) is 8.51. The van der Waals surface area contributed by atoms with Crippen LogP contribution in [0.3, 0.4) is 0 Å². The average molecular weight is 732 g/mol. The summed E-state index contributed by atoms with van der Waals surface area (Å²) in [5.41, 5.74) is 0. The molecule has 0 spiro atoms. The first-order valence-electron chi connectivity index (χ1n) is 12.4. The van der Waals surface area contributed by atoms with E-state index in [0.717, 1.165) is 0 Å². The monoisotopic (exact) mass is 730 g/mol. The Labute approximate surface area is 267 Å². The Morgan fingerprint density at radius 1 is 0.450 bits per heavy atom. The van der Waals surface area contributed by atoms with Crippen LogP contribution in [0.1, 0.15) is 0 Å². The number of hydrogen-bond donors (Lipinski definition) is 0. The third kappa shape index (κ3) is 9.37. The molecule has 6 heteroatoms. The first kappa shape index (κ1) is 32.7. The molecule has 6 aromatic rings. The molecule has 0 aromatic heterocycles. The minimum Gasteiger partial charge on any atom is -0.748 e. The zero-order valence-corrected chi connectivity index (χ0v) is 27.4. The van der Waals surface area contributed by atoms with Crippen LogP contribution in [0.25, 0.3) is 0 Å². The van der Waals surface area contributed by atoms with Gasteiger partial charge in [-0.25, -0.2) is 6.07 Å². The normalized spacial score (nSPS) is 10.2. The van der Waals surface area contributed by atoms with Gasteiger partial charge in [0.05, 0.1) is 0 Å². The molecule has 0 unspecified atom stereocenters. The summed E-state index contributed by atoms with van der Waals surface area (Å²) in [7, 11) is 8.37. The van der Waals surface area contributed by atoms with E-state index in [2.05, 4.69) is 140 Å². The molecule has 0 radical (unpaired) electrons. The standard InChI is InChI=1S/C29H23P2.C5H5.2ClH.Fe.Pd/c1-5-14-24(15-6-1)30(25-16-7-2-8-17-25)28-22-13-23-29(28)31(26-18-9-3-10-19-26)27-20-11-4-12-21-27;1-2-4-5-3-1;;;;/h1-23H;1-5H;2*1H;;/q-1;-5;;;;+2/p-2. The second-order valence-electron chi connectivity index (χ2n) is 8.32. The molecule has 212 valence electrons. The number of halogens is 2. The van der Waals surface area contributed by atoms with Crippen molar-refractivity contribution in [3.63, 3.8) is 0 Å². The third-order valence-corrected chi connectivity index (χ3v) is 11.0. The summed E-state index contributed by atoms with van der Waals surface area (Å²) >= 11 is -0.106. The topological polar surface area (TPSA) is 0 Å². The van der Waals surface area contributed by atoms with Crippen LogP contribution >= 0.6 is 34.9 Å². The molecule has 0 bridgehead atoms. The summed E-state index contributed by atoms with van der Waals surface area (Å²) < 4.78 is 0. The van der Waals surface area contributed by atoms with E-state index < -0.39 is 15.8 Å². The van der Waals surface area contributed by atoms with Crippen LogP contribution in [0.2, 0.25) is 0 Å². The zero-order valence-electron chi connectivity index (χ0n) is 21.5. The number of benzene rings is 4. The molecule has 6 aromatic carbocycles. The van der Waals surface area contributed by atoms with E-state index in [1.54, 1.807) is 0 Å². The Kier molecular flexibility index (Phi) is 15.2. The van der Waals surface area contributed by atoms with Crippen molar-refractivity contribution in [3.8, 4) is 0 Å². The molecule has 0 fully saturated rings. The van der Waals surface area contributed by atoms with Gasteiger partial charge >= 0.3 is 35.0 Å². The molecule has 0 saturated carbocycles. The predicted molar refractivity (Wildman–Crippen MR) is 173 cm³/mol. The van der Waals surface area contributed by atoms with E-state index in [1.807, 2.05) is 30.3 Å². The molecule has 6 rings (SSSR count). The minimum absolute atomic E-state index is 0. The minimum atomic E-state index is -0.627. The molecular formula is C34H28Cl2FeP2Pd-6. The summed E-state index contributed by atoms with van der Waals surface area (Å²) in [6.45, 7) is 0. The van der Waals surface area contributed by atoms with E-state index >= 15 is 0 Å². The van der Waals surface area contributed by atoms with Crippen molar-refractivity contribution in [2.24, 2.45) is 0 Å². The van der Waals surface area contributed by atoms with Crippen molar-refractivity contribution in [1.82, 2.24) is 0 Å². The molecule has 0 aliphatic carbocycles. The SMILES string of the molecule is [Cl][Pd][Cl].[Fe].[cH-]1[cH-][cH-][cH-][cH-]1.c1ccc(P(c2ccccc2)c2cc[cH-]c2P(c2ccccc2)c2ccccc2)cc1. The van der Waals surface area contributed by atoms with E-state index in [0.29, 0.717) is 0 Å². The van der Waals surface area contributed by atoms with Crippen molar-refractivity contribution in [1.29, 1.82) is 0 Å². The quantitative estimate of drug-likeness (QED) is 0.0937. The van der Waals surface area contributed by atoms with Gasteiger partial charge in [-0.2, -0.15) is 17.4 Å². The molecule has 0 aliphatic heterocycles. The summed E-state index contributed by atoms with van der Waals surface area (Å²) in [4.78, 5) is 0. The van der Waals surface area contributed by atoms with Crippen LogP contribution in [0.4, 0.5) is 0 Å². The van der Waals surface area contributed by atoms with Gasteiger partial charge in [0.25, 0.3) is 0 Å². The first-order valence-corrected chi connectivity index (χ1v) is 19.1. The first-order chi connectivity index (χ1) is 19.3. The van der Waals surface area contributed by atoms with Crippen molar-refractivity contribution in [2.45, 2.75) is 0 Å². The Hall–Kier alpha value is -1.80. The fourth-order valence-corrected chi connectivity index (χ4v) is 9.53. The van der Waals surface area contributed by atoms with Gasteiger partial charge in [-0.1, -0.05) is 129 Å². The Balaban J connectivity index is 0.000000429. The Morgan fingerprint density at radius 3 is 1.07 bits per heavy atom. The van der Waals surface area contributed by atoms with Crippen LogP contribution in [-0.4, -0.2) is 0 Å². The molecule has 0 atom stereocenters. The number of rotatable bonds is 6. The van der Waals surface area contributed by atoms with Gasteiger partial charge in [0.2, 0.25) is 0 Å². The van der Waals surface area contributed by atoms with Crippen LogP contribution in [0.15, 0.2) is 170 Å². The van der Waals surface area contributed by atoms with Crippen molar-refractivity contribution >= 4 is 66.7 Å². The van der Waals surface area contributed by atoms with E-state index in [-0.39, 0.29) is 33.0 Å². The molecule has 0 saturated heterocycles. The van der Waals surface area contributed by atoms with Gasteiger partial charge in [-0.15, -0.1) is 5.30 Å². The number of hydrogen-bond acceptors (Lipinski definition) is 0. The molecular weight excluding hydrogens is 703 g/mol. The second kappa shape index (κ2) is 18.6. The third-order valence-electron chi connectivity index (χ3n) is 5.87. The van der Waals surface area contributed by atoms with Gasteiger partial charge in [-0.3, -0.25) is 0 Å². The fourth-order valence-electron chi connectivity index (χ4n) is 4.26. The van der Waals surface area contributed by atoms with Crippen LogP contribution in [0.5, 0.6) is 0 Å².